The summed E-state index contributed by atoms with van der Waals surface area (Å²) >= 11 is 0. The fraction of sp³-hybridized carbons (Fsp3) is 0.852. The molecule has 0 amide bonds. The minimum Gasteiger partial charge on any atom is -0.462 e. The molecule has 0 spiro atoms. The minimum absolute atomic E-state index is 0.0781. The van der Waals surface area contributed by atoms with Gasteiger partial charge in [-0.05, 0) is 96.3 Å². The largest absolute Gasteiger partial charge is 0.462 e. The molecule has 0 unspecified atom stereocenters. The molecule has 0 radical (unpaired) electrons. The van der Waals surface area contributed by atoms with Crippen LogP contribution in [0.25, 0.3) is 0 Å². The van der Waals surface area contributed by atoms with E-state index < -0.39 is 6.10 Å². The third kappa shape index (κ3) is 54.4. The van der Waals surface area contributed by atoms with E-state index >= 15 is 0 Å². The second kappa shape index (κ2) is 56.2. The number of ether oxygens (including phenoxy) is 3. The van der Waals surface area contributed by atoms with Gasteiger partial charge in [-0.15, -0.1) is 0 Å². The Bertz CT molecular complexity index is 1130. The van der Waals surface area contributed by atoms with Gasteiger partial charge in [0.2, 0.25) is 0 Å². The van der Waals surface area contributed by atoms with Crippen LogP contribution in [0, 0.1) is 0 Å². The van der Waals surface area contributed by atoms with Gasteiger partial charge in [0, 0.05) is 19.3 Å². The van der Waals surface area contributed by atoms with Crippen LogP contribution < -0.4 is 0 Å². The monoisotopic (exact) mass is 941 g/mol. The normalized spacial score (nSPS) is 12.2. The summed E-state index contributed by atoms with van der Waals surface area (Å²) in [6, 6.07) is 0. The first kappa shape index (κ1) is 64.6. The van der Waals surface area contributed by atoms with E-state index in [2.05, 4.69) is 57.2 Å². The molecule has 0 aromatic rings. The van der Waals surface area contributed by atoms with Gasteiger partial charge >= 0.3 is 17.9 Å². The summed E-state index contributed by atoms with van der Waals surface area (Å²) in [5, 5.41) is 0. The molecule has 0 heterocycles. The van der Waals surface area contributed by atoms with Crippen molar-refractivity contribution in [1.29, 1.82) is 0 Å². The second-order valence-corrected chi connectivity index (χ2v) is 19.9. The van der Waals surface area contributed by atoms with Crippen molar-refractivity contribution in [3.63, 3.8) is 0 Å². The van der Waals surface area contributed by atoms with Gasteiger partial charge in [0.05, 0.1) is 0 Å². The number of unbranched alkanes of at least 4 members (excludes halogenated alkanes) is 37. The van der Waals surface area contributed by atoms with Gasteiger partial charge in [-0.2, -0.15) is 0 Å². The Morgan fingerprint density at radius 2 is 0.493 bits per heavy atom. The van der Waals surface area contributed by atoms with Crippen LogP contribution in [0.2, 0.25) is 0 Å². The van der Waals surface area contributed by atoms with Crippen LogP contribution in [-0.2, 0) is 28.6 Å². The van der Waals surface area contributed by atoms with Gasteiger partial charge in [-0.25, -0.2) is 0 Å². The molecule has 0 aliphatic carbocycles. The first-order valence-corrected chi connectivity index (χ1v) is 29.5. The lowest BCUT2D eigenvalue weighted by molar-refractivity contribution is -0.167. The Balaban J connectivity index is 4.38. The van der Waals surface area contributed by atoms with E-state index in [1.54, 1.807) is 0 Å². The van der Waals surface area contributed by atoms with E-state index in [1.165, 1.54) is 205 Å². The van der Waals surface area contributed by atoms with Gasteiger partial charge in [0.1, 0.15) is 13.2 Å². The first-order chi connectivity index (χ1) is 33.0. The predicted octanol–water partition coefficient (Wildman–Crippen LogP) is 19.7. The number of esters is 3. The van der Waals surface area contributed by atoms with Gasteiger partial charge in [0.15, 0.2) is 6.10 Å². The zero-order valence-electron chi connectivity index (χ0n) is 44.9. The van der Waals surface area contributed by atoms with Gasteiger partial charge in [-0.3, -0.25) is 14.4 Å². The number of allylic oxidation sites excluding steroid dienone is 6. The lowest BCUT2D eigenvalue weighted by Gasteiger charge is -2.18. The van der Waals surface area contributed by atoms with Crippen LogP contribution in [0.1, 0.15) is 316 Å². The van der Waals surface area contributed by atoms with Crippen molar-refractivity contribution in [3.8, 4) is 0 Å². The van der Waals surface area contributed by atoms with Crippen molar-refractivity contribution in [2.24, 2.45) is 0 Å². The standard InChI is InChI=1S/C61H112O6/c1-4-7-10-13-16-19-22-25-28-31-34-36-39-42-45-48-51-54-60(63)66-57-58(67-61(64)55-52-49-46-43-40-37-33-30-27-24-21-18-15-12-9-6-3)56-65-59(62)53-50-47-44-41-38-35-32-29-26-23-20-17-14-11-8-5-2/h25,28-30,32-33,58H,4-24,26-27,31,34-57H2,1-3H3/b28-25-,32-29-,33-30-/t58-/m1/s1. The summed E-state index contributed by atoms with van der Waals surface area (Å²) in [5.41, 5.74) is 0. The molecule has 1 atom stereocenters. The SMILES string of the molecule is CCCCCCCC/C=C\CCCCCCCCCC(=O)OC[C@@H](COC(=O)CCCCCCC/C=C\CCCCCCCCC)OC(=O)CCCCCCC/C=C\CCCCCCCCC. The van der Waals surface area contributed by atoms with E-state index in [-0.39, 0.29) is 31.1 Å². The summed E-state index contributed by atoms with van der Waals surface area (Å²) in [6.07, 6.45) is 67.0. The van der Waals surface area contributed by atoms with E-state index in [4.69, 9.17) is 14.2 Å². The maximum Gasteiger partial charge on any atom is 0.306 e. The molecule has 392 valence electrons. The molecule has 0 aromatic heterocycles. The molecule has 6 nitrogen and oxygen atoms in total. The van der Waals surface area contributed by atoms with Crippen molar-refractivity contribution in [2.75, 3.05) is 13.2 Å². The summed E-state index contributed by atoms with van der Waals surface area (Å²) in [4.78, 5) is 38.2. The second-order valence-electron chi connectivity index (χ2n) is 19.9. The fourth-order valence-corrected chi connectivity index (χ4v) is 8.60. The Morgan fingerprint density at radius 1 is 0.284 bits per heavy atom. The van der Waals surface area contributed by atoms with Crippen molar-refractivity contribution < 1.29 is 28.6 Å². The molecule has 67 heavy (non-hydrogen) atoms. The van der Waals surface area contributed by atoms with Crippen LogP contribution >= 0.6 is 0 Å². The van der Waals surface area contributed by atoms with Gasteiger partial charge < -0.3 is 14.2 Å². The first-order valence-electron chi connectivity index (χ1n) is 29.5. The van der Waals surface area contributed by atoms with Crippen molar-refractivity contribution in [2.45, 2.75) is 322 Å². The number of carbonyl (C=O) groups is 3. The maximum atomic E-state index is 12.9. The molecular formula is C61H112O6. The molecular weight excluding hydrogens is 829 g/mol. The highest BCUT2D eigenvalue weighted by molar-refractivity contribution is 5.71. The predicted molar refractivity (Wildman–Crippen MR) is 289 cm³/mol. The molecule has 0 bridgehead atoms. The molecule has 0 saturated heterocycles. The zero-order valence-corrected chi connectivity index (χ0v) is 44.9. The van der Waals surface area contributed by atoms with Crippen LogP contribution in [0.5, 0.6) is 0 Å². The highest BCUT2D eigenvalue weighted by atomic mass is 16.6. The van der Waals surface area contributed by atoms with Crippen molar-refractivity contribution in [3.05, 3.63) is 36.5 Å². The fourth-order valence-electron chi connectivity index (χ4n) is 8.60. The molecule has 0 aliphatic heterocycles. The average Bonchev–Trinajstić information content (AvgIpc) is 3.33. The number of carbonyl (C=O) groups excluding carboxylic acids is 3. The van der Waals surface area contributed by atoms with Crippen molar-refractivity contribution in [1.82, 2.24) is 0 Å². The molecule has 0 fully saturated rings. The summed E-state index contributed by atoms with van der Waals surface area (Å²) in [5.74, 6) is -0.882. The quantitative estimate of drug-likeness (QED) is 0.0262. The summed E-state index contributed by atoms with van der Waals surface area (Å²) in [7, 11) is 0. The molecule has 0 aliphatic rings. The third-order valence-corrected chi connectivity index (χ3v) is 13.1. The van der Waals surface area contributed by atoms with Crippen LogP contribution in [0.15, 0.2) is 36.5 Å². The van der Waals surface area contributed by atoms with Gasteiger partial charge in [-0.1, -0.05) is 237 Å². The molecule has 0 saturated carbocycles. The Kier molecular flexibility index (Phi) is 54.2. The summed E-state index contributed by atoms with van der Waals surface area (Å²) in [6.45, 7) is 6.65. The topological polar surface area (TPSA) is 78.9 Å². The van der Waals surface area contributed by atoms with E-state index in [0.29, 0.717) is 19.3 Å². The maximum absolute atomic E-state index is 12.9. The minimum atomic E-state index is -0.780. The van der Waals surface area contributed by atoms with Gasteiger partial charge in [0.25, 0.3) is 0 Å². The number of rotatable bonds is 54. The Hall–Kier alpha value is -2.37. The Labute approximate surface area is 416 Å². The van der Waals surface area contributed by atoms with Crippen LogP contribution in [-0.4, -0.2) is 37.2 Å². The highest BCUT2D eigenvalue weighted by Gasteiger charge is 2.19. The molecule has 0 rings (SSSR count). The summed E-state index contributed by atoms with van der Waals surface area (Å²) < 4.78 is 16.9. The lowest BCUT2D eigenvalue weighted by atomic mass is 10.1. The molecule has 0 N–H and O–H groups in total. The van der Waals surface area contributed by atoms with E-state index in [0.717, 1.165) is 70.6 Å². The highest BCUT2D eigenvalue weighted by Crippen LogP contribution is 2.16. The average molecular weight is 942 g/mol. The van der Waals surface area contributed by atoms with Crippen molar-refractivity contribution >= 4 is 17.9 Å². The molecule has 0 aromatic carbocycles. The van der Waals surface area contributed by atoms with Crippen LogP contribution in [0.4, 0.5) is 0 Å². The Morgan fingerprint density at radius 3 is 0.746 bits per heavy atom. The zero-order chi connectivity index (χ0) is 48.6. The number of hydrogen-bond donors (Lipinski definition) is 0. The van der Waals surface area contributed by atoms with Crippen LogP contribution in [0.3, 0.4) is 0 Å². The smallest absolute Gasteiger partial charge is 0.306 e. The molecule has 6 heteroatoms. The van der Waals surface area contributed by atoms with E-state index in [1.807, 2.05) is 0 Å². The van der Waals surface area contributed by atoms with E-state index in [9.17, 15) is 14.4 Å². The third-order valence-electron chi connectivity index (χ3n) is 13.1. The lowest BCUT2D eigenvalue weighted by Crippen LogP contribution is -2.30. The number of hydrogen-bond acceptors (Lipinski definition) is 6.